The predicted molar refractivity (Wildman–Crippen MR) is 96.8 cm³/mol. The summed E-state index contributed by atoms with van der Waals surface area (Å²) in [7, 11) is 0. The number of carbonyl (C=O) groups excluding carboxylic acids is 1. The molecule has 0 unspecified atom stereocenters. The third-order valence-corrected chi connectivity index (χ3v) is 4.84. The van der Waals surface area contributed by atoms with E-state index in [4.69, 9.17) is 4.74 Å². The Kier molecular flexibility index (Phi) is 5.82. The molecule has 1 aromatic carbocycles. The molecule has 2 heterocycles. The summed E-state index contributed by atoms with van der Waals surface area (Å²) >= 11 is 1.47. The van der Waals surface area contributed by atoms with Gasteiger partial charge in [-0.15, -0.1) is 11.3 Å². The van der Waals surface area contributed by atoms with Crippen molar-refractivity contribution < 1.29 is 9.53 Å². The lowest BCUT2D eigenvalue weighted by molar-refractivity contribution is 0.102. The number of aromatic nitrogens is 1. The average molecular weight is 345 g/mol. The molecule has 0 spiro atoms. The molecule has 0 saturated carbocycles. The number of hydrogen-bond donors (Lipinski definition) is 1. The van der Waals surface area contributed by atoms with Crippen LogP contribution in [0.1, 0.15) is 42.2 Å². The summed E-state index contributed by atoms with van der Waals surface area (Å²) in [6, 6.07) is 7.27. The van der Waals surface area contributed by atoms with Crippen molar-refractivity contribution in [3.05, 3.63) is 40.9 Å². The fourth-order valence-corrected chi connectivity index (χ4v) is 3.58. The van der Waals surface area contributed by atoms with Gasteiger partial charge < -0.3 is 4.74 Å². The van der Waals surface area contributed by atoms with E-state index in [2.05, 4.69) is 15.2 Å². The molecule has 6 heteroatoms. The second kappa shape index (κ2) is 8.26. The van der Waals surface area contributed by atoms with Crippen LogP contribution >= 0.6 is 11.3 Å². The van der Waals surface area contributed by atoms with Crippen molar-refractivity contribution >= 4 is 22.4 Å². The highest BCUT2D eigenvalue weighted by Gasteiger charge is 2.15. The Hall–Kier alpha value is -1.92. The number of rotatable bonds is 6. The van der Waals surface area contributed by atoms with Gasteiger partial charge in [0, 0.05) is 11.9 Å². The molecule has 0 atom stereocenters. The van der Waals surface area contributed by atoms with Crippen LogP contribution in [0.5, 0.6) is 5.75 Å². The highest BCUT2D eigenvalue weighted by Crippen LogP contribution is 2.22. The number of thiazole rings is 1. The van der Waals surface area contributed by atoms with Gasteiger partial charge in [-0.1, -0.05) is 18.6 Å². The molecule has 24 heavy (non-hydrogen) atoms. The summed E-state index contributed by atoms with van der Waals surface area (Å²) in [5.74, 6) is 0.417. The van der Waals surface area contributed by atoms with Gasteiger partial charge in [-0.25, -0.2) is 4.98 Å². The number of para-hydroxylation sites is 1. The van der Waals surface area contributed by atoms with Gasteiger partial charge in [0.1, 0.15) is 5.75 Å². The molecule has 1 aliphatic rings. The molecule has 0 bridgehead atoms. The van der Waals surface area contributed by atoms with Crippen molar-refractivity contribution in [2.75, 3.05) is 25.0 Å². The summed E-state index contributed by atoms with van der Waals surface area (Å²) in [5, 5.41) is 5.55. The van der Waals surface area contributed by atoms with Crippen LogP contribution in [0.3, 0.4) is 0 Å². The third kappa shape index (κ3) is 4.33. The molecule has 1 saturated heterocycles. The van der Waals surface area contributed by atoms with Crippen LogP contribution in [0, 0.1) is 0 Å². The van der Waals surface area contributed by atoms with Crippen molar-refractivity contribution in [1.82, 2.24) is 9.88 Å². The molecular weight excluding hydrogens is 322 g/mol. The van der Waals surface area contributed by atoms with Gasteiger partial charge in [0.25, 0.3) is 5.91 Å². The number of nitrogens with zero attached hydrogens (tertiary/aromatic N) is 2. The molecule has 2 aromatic rings. The van der Waals surface area contributed by atoms with E-state index in [1.165, 1.54) is 30.6 Å². The quantitative estimate of drug-likeness (QED) is 0.866. The highest BCUT2D eigenvalue weighted by molar-refractivity contribution is 7.14. The summed E-state index contributed by atoms with van der Waals surface area (Å²) in [6.45, 7) is 5.58. The van der Waals surface area contributed by atoms with Crippen molar-refractivity contribution in [2.24, 2.45) is 0 Å². The maximum absolute atomic E-state index is 12.5. The Bertz CT molecular complexity index is 680. The molecule has 1 aliphatic heterocycles. The molecule has 1 fully saturated rings. The van der Waals surface area contributed by atoms with E-state index in [0.717, 1.165) is 25.3 Å². The van der Waals surface area contributed by atoms with Gasteiger partial charge in [-0.3, -0.25) is 15.0 Å². The summed E-state index contributed by atoms with van der Waals surface area (Å²) < 4.78 is 5.52. The lowest BCUT2D eigenvalue weighted by atomic mass is 10.1. The van der Waals surface area contributed by atoms with Crippen LogP contribution in [-0.2, 0) is 6.54 Å². The first-order valence-corrected chi connectivity index (χ1v) is 9.34. The number of ether oxygens (including phenoxy) is 1. The zero-order valence-corrected chi connectivity index (χ0v) is 14.8. The number of hydrogen-bond acceptors (Lipinski definition) is 5. The van der Waals surface area contributed by atoms with Crippen LogP contribution in [0.25, 0.3) is 0 Å². The number of piperidine rings is 1. The first kappa shape index (κ1) is 16.9. The minimum Gasteiger partial charge on any atom is -0.493 e. The Balaban J connectivity index is 1.63. The third-order valence-electron chi connectivity index (χ3n) is 4.04. The van der Waals surface area contributed by atoms with Crippen LogP contribution in [0.2, 0.25) is 0 Å². The average Bonchev–Trinajstić information content (AvgIpc) is 3.03. The van der Waals surface area contributed by atoms with E-state index in [0.29, 0.717) is 23.1 Å². The largest absolute Gasteiger partial charge is 0.493 e. The van der Waals surface area contributed by atoms with E-state index in [-0.39, 0.29) is 5.91 Å². The monoisotopic (exact) mass is 345 g/mol. The minimum absolute atomic E-state index is 0.182. The Labute approximate surface area is 146 Å². The van der Waals surface area contributed by atoms with E-state index in [1.54, 1.807) is 6.07 Å². The highest BCUT2D eigenvalue weighted by atomic mass is 32.1. The van der Waals surface area contributed by atoms with Gasteiger partial charge in [0.15, 0.2) is 5.13 Å². The standard InChI is InChI=1S/C18H23N3O2S/c1-2-23-16-9-5-4-8-15(16)17(22)20-18-19-14(13-24-18)12-21-10-6-3-7-11-21/h4-5,8-9,13H,2-3,6-7,10-12H2,1H3,(H,19,20,22). The van der Waals surface area contributed by atoms with Gasteiger partial charge in [-0.05, 0) is 45.0 Å². The number of benzene rings is 1. The lowest BCUT2D eigenvalue weighted by Gasteiger charge is -2.25. The van der Waals surface area contributed by atoms with E-state index in [1.807, 2.05) is 30.5 Å². The van der Waals surface area contributed by atoms with Crippen LogP contribution in [0.15, 0.2) is 29.6 Å². The fourth-order valence-electron chi connectivity index (χ4n) is 2.88. The minimum atomic E-state index is -0.182. The molecule has 5 nitrogen and oxygen atoms in total. The Morgan fingerprint density at radius 2 is 2.08 bits per heavy atom. The Morgan fingerprint density at radius 3 is 2.88 bits per heavy atom. The van der Waals surface area contributed by atoms with E-state index in [9.17, 15) is 4.79 Å². The van der Waals surface area contributed by atoms with Crippen molar-refractivity contribution in [1.29, 1.82) is 0 Å². The molecule has 3 rings (SSSR count). The normalized spacial score (nSPS) is 15.2. The first-order valence-electron chi connectivity index (χ1n) is 8.46. The summed E-state index contributed by atoms with van der Waals surface area (Å²) in [6.07, 6.45) is 3.86. The van der Waals surface area contributed by atoms with Gasteiger partial charge in [0.05, 0.1) is 17.9 Å². The molecule has 0 aliphatic carbocycles. The molecule has 1 N–H and O–H groups in total. The predicted octanol–water partition coefficient (Wildman–Crippen LogP) is 3.78. The molecule has 128 valence electrons. The summed E-state index contributed by atoms with van der Waals surface area (Å²) in [5.41, 5.74) is 1.56. The van der Waals surface area contributed by atoms with Crippen LogP contribution < -0.4 is 10.1 Å². The smallest absolute Gasteiger partial charge is 0.261 e. The maximum Gasteiger partial charge on any atom is 0.261 e. The number of carbonyl (C=O) groups is 1. The molecule has 1 aromatic heterocycles. The van der Waals surface area contributed by atoms with Crippen molar-refractivity contribution in [3.63, 3.8) is 0 Å². The Morgan fingerprint density at radius 1 is 1.29 bits per heavy atom. The van der Waals surface area contributed by atoms with Gasteiger partial charge >= 0.3 is 0 Å². The maximum atomic E-state index is 12.5. The number of nitrogens with one attached hydrogen (secondary N) is 1. The van der Waals surface area contributed by atoms with Crippen molar-refractivity contribution in [3.8, 4) is 5.75 Å². The van der Waals surface area contributed by atoms with Crippen LogP contribution in [-0.4, -0.2) is 35.5 Å². The molecule has 0 radical (unpaired) electrons. The zero-order chi connectivity index (χ0) is 16.8. The number of likely N-dealkylation sites (tertiary alicyclic amines) is 1. The van der Waals surface area contributed by atoms with Crippen LogP contribution in [0.4, 0.5) is 5.13 Å². The van der Waals surface area contributed by atoms with Gasteiger partial charge in [0.2, 0.25) is 0 Å². The van der Waals surface area contributed by atoms with Crippen molar-refractivity contribution in [2.45, 2.75) is 32.7 Å². The zero-order valence-electron chi connectivity index (χ0n) is 14.0. The molecule has 1 amide bonds. The molecular formula is C18H23N3O2S. The number of anilines is 1. The van der Waals surface area contributed by atoms with Gasteiger partial charge in [-0.2, -0.15) is 0 Å². The van der Waals surface area contributed by atoms with E-state index >= 15 is 0 Å². The second-order valence-corrected chi connectivity index (χ2v) is 6.72. The second-order valence-electron chi connectivity index (χ2n) is 5.86. The fraction of sp³-hybridized carbons (Fsp3) is 0.444. The first-order chi connectivity index (χ1) is 11.8. The summed E-state index contributed by atoms with van der Waals surface area (Å²) in [4.78, 5) is 19.4. The topological polar surface area (TPSA) is 54.5 Å². The lowest BCUT2D eigenvalue weighted by Crippen LogP contribution is -2.29. The van der Waals surface area contributed by atoms with E-state index < -0.39 is 0 Å². The SMILES string of the molecule is CCOc1ccccc1C(=O)Nc1nc(CN2CCCCC2)cs1. The number of amides is 1.